The summed E-state index contributed by atoms with van der Waals surface area (Å²) in [5.41, 5.74) is 0. The molecular formula is C12H16N2O3. The second-order valence-electron chi connectivity index (χ2n) is 3.71. The molecule has 2 atom stereocenters. The third-order valence-corrected chi connectivity index (χ3v) is 2.72. The first-order valence-corrected chi connectivity index (χ1v) is 5.37. The van der Waals surface area contributed by atoms with Crippen molar-refractivity contribution in [3.8, 4) is 12.3 Å². The predicted octanol–water partition coefficient (Wildman–Crippen LogP) is 0.521. The average Bonchev–Trinajstić information content (AvgIpc) is 2.82. The molecule has 5 heteroatoms. The minimum Gasteiger partial charge on any atom is -0.453 e. The lowest BCUT2D eigenvalue weighted by Crippen LogP contribution is -2.49. The maximum Gasteiger partial charge on any atom is 0.408 e. The Bertz CT molecular complexity index is 359. The number of hydrogen-bond acceptors (Lipinski definition) is 3. The first kappa shape index (κ1) is 13.1. The van der Waals surface area contributed by atoms with E-state index >= 15 is 0 Å². The van der Waals surface area contributed by atoms with Crippen LogP contribution in [0.3, 0.4) is 0 Å². The fourth-order valence-corrected chi connectivity index (χ4v) is 1.83. The summed E-state index contributed by atoms with van der Waals surface area (Å²) in [6.45, 7) is 4.32. The van der Waals surface area contributed by atoms with Crippen molar-refractivity contribution in [2.75, 3.05) is 13.7 Å². The Morgan fingerprint density at radius 1 is 1.71 bits per heavy atom. The summed E-state index contributed by atoms with van der Waals surface area (Å²) < 4.78 is 4.41. The molecule has 1 N–H and O–H groups in total. The van der Waals surface area contributed by atoms with E-state index in [-0.39, 0.29) is 11.9 Å². The standard InChI is InChI=1S/C12H16N2O3/c1-4-9-7-6-8-14(9)11(15)10(5-2)13-12(16)17-3/h2,4,9-10H,1,6-8H2,3H3,(H,13,16). The van der Waals surface area contributed by atoms with Gasteiger partial charge in [0.05, 0.1) is 7.11 Å². The molecule has 92 valence electrons. The number of amides is 2. The second-order valence-corrected chi connectivity index (χ2v) is 3.71. The number of carbonyl (C=O) groups excluding carboxylic acids is 2. The molecular weight excluding hydrogens is 220 g/mol. The van der Waals surface area contributed by atoms with E-state index in [1.165, 1.54) is 7.11 Å². The molecule has 0 aromatic carbocycles. The first-order valence-electron chi connectivity index (χ1n) is 5.37. The summed E-state index contributed by atoms with van der Waals surface area (Å²) in [7, 11) is 1.22. The van der Waals surface area contributed by atoms with Gasteiger partial charge < -0.3 is 9.64 Å². The number of nitrogens with zero attached hydrogens (tertiary/aromatic N) is 1. The number of methoxy groups -OCH3 is 1. The SMILES string of the molecule is C#CC(NC(=O)OC)C(=O)N1CCCC1C=C. The summed E-state index contributed by atoms with van der Waals surface area (Å²) in [6.07, 6.45) is 8.04. The molecule has 0 radical (unpaired) electrons. The van der Waals surface area contributed by atoms with Gasteiger partial charge in [-0.15, -0.1) is 13.0 Å². The first-order chi connectivity index (χ1) is 8.13. The van der Waals surface area contributed by atoms with Crippen molar-refractivity contribution in [3.05, 3.63) is 12.7 Å². The van der Waals surface area contributed by atoms with Crippen molar-refractivity contribution in [2.24, 2.45) is 0 Å². The maximum absolute atomic E-state index is 12.1. The van der Waals surface area contributed by atoms with Crippen molar-refractivity contribution < 1.29 is 14.3 Å². The molecule has 17 heavy (non-hydrogen) atoms. The van der Waals surface area contributed by atoms with Crippen LogP contribution in [0.15, 0.2) is 12.7 Å². The van der Waals surface area contributed by atoms with E-state index in [0.29, 0.717) is 6.54 Å². The lowest BCUT2D eigenvalue weighted by Gasteiger charge is -2.25. The number of ether oxygens (including phenoxy) is 1. The average molecular weight is 236 g/mol. The fourth-order valence-electron chi connectivity index (χ4n) is 1.83. The maximum atomic E-state index is 12.1. The largest absolute Gasteiger partial charge is 0.453 e. The van der Waals surface area contributed by atoms with Gasteiger partial charge >= 0.3 is 6.09 Å². The van der Waals surface area contributed by atoms with Gasteiger partial charge in [-0.2, -0.15) is 0 Å². The zero-order valence-electron chi connectivity index (χ0n) is 9.81. The van der Waals surface area contributed by atoms with Crippen LogP contribution in [0.25, 0.3) is 0 Å². The van der Waals surface area contributed by atoms with Gasteiger partial charge in [0, 0.05) is 12.6 Å². The van der Waals surface area contributed by atoms with Crippen molar-refractivity contribution in [2.45, 2.75) is 24.9 Å². The summed E-state index contributed by atoms with van der Waals surface area (Å²) in [4.78, 5) is 24.7. The molecule has 0 bridgehead atoms. The highest BCUT2D eigenvalue weighted by molar-refractivity contribution is 5.89. The lowest BCUT2D eigenvalue weighted by molar-refractivity contribution is -0.131. The van der Waals surface area contributed by atoms with Crippen molar-refractivity contribution >= 4 is 12.0 Å². The monoisotopic (exact) mass is 236 g/mol. The fraction of sp³-hybridized carbons (Fsp3) is 0.500. The Hall–Kier alpha value is -1.96. The number of alkyl carbamates (subject to hydrolysis) is 1. The van der Waals surface area contributed by atoms with E-state index in [1.54, 1.807) is 11.0 Å². The van der Waals surface area contributed by atoms with Crippen LogP contribution in [-0.2, 0) is 9.53 Å². The molecule has 0 aromatic heterocycles. The smallest absolute Gasteiger partial charge is 0.408 e. The van der Waals surface area contributed by atoms with Crippen LogP contribution in [0.5, 0.6) is 0 Å². The van der Waals surface area contributed by atoms with E-state index in [1.807, 2.05) is 0 Å². The Morgan fingerprint density at radius 3 is 2.94 bits per heavy atom. The highest BCUT2D eigenvalue weighted by Gasteiger charge is 2.31. The number of carbonyl (C=O) groups is 2. The van der Waals surface area contributed by atoms with Gasteiger partial charge in [-0.25, -0.2) is 4.79 Å². The van der Waals surface area contributed by atoms with Gasteiger partial charge in [0.2, 0.25) is 0 Å². The van der Waals surface area contributed by atoms with Gasteiger partial charge in [0.15, 0.2) is 6.04 Å². The number of nitrogens with one attached hydrogen (secondary N) is 1. The van der Waals surface area contributed by atoms with Gasteiger partial charge in [-0.05, 0) is 12.8 Å². The molecule has 2 unspecified atom stereocenters. The third kappa shape index (κ3) is 3.00. The molecule has 0 aliphatic carbocycles. The highest BCUT2D eigenvalue weighted by Crippen LogP contribution is 2.18. The normalized spacial score (nSPS) is 20.2. The Kier molecular flexibility index (Phi) is 4.58. The van der Waals surface area contributed by atoms with Gasteiger partial charge in [-0.1, -0.05) is 12.0 Å². The third-order valence-electron chi connectivity index (χ3n) is 2.72. The minimum atomic E-state index is -0.983. The van der Waals surface area contributed by atoms with E-state index in [4.69, 9.17) is 6.42 Å². The van der Waals surface area contributed by atoms with E-state index < -0.39 is 12.1 Å². The quantitative estimate of drug-likeness (QED) is 0.574. The van der Waals surface area contributed by atoms with Crippen LogP contribution in [0.1, 0.15) is 12.8 Å². The Morgan fingerprint density at radius 2 is 2.41 bits per heavy atom. The van der Waals surface area contributed by atoms with E-state index in [0.717, 1.165) is 12.8 Å². The Balaban J connectivity index is 2.69. The molecule has 0 saturated carbocycles. The summed E-state index contributed by atoms with van der Waals surface area (Å²) >= 11 is 0. The number of hydrogen-bond donors (Lipinski definition) is 1. The zero-order valence-corrected chi connectivity index (χ0v) is 9.81. The summed E-state index contributed by atoms with van der Waals surface area (Å²) in [5, 5.41) is 2.31. The molecule has 5 nitrogen and oxygen atoms in total. The lowest BCUT2D eigenvalue weighted by atomic mass is 10.2. The minimum absolute atomic E-state index is 0.00204. The molecule has 1 aliphatic rings. The van der Waals surface area contributed by atoms with Crippen LogP contribution in [0, 0.1) is 12.3 Å². The zero-order chi connectivity index (χ0) is 12.8. The molecule has 2 amide bonds. The van der Waals surface area contributed by atoms with E-state index in [9.17, 15) is 9.59 Å². The van der Waals surface area contributed by atoms with Crippen molar-refractivity contribution in [1.82, 2.24) is 10.2 Å². The van der Waals surface area contributed by atoms with Gasteiger partial charge in [0.25, 0.3) is 5.91 Å². The topological polar surface area (TPSA) is 58.6 Å². The summed E-state index contributed by atoms with van der Waals surface area (Å²) in [6, 6.07) is -0.985. The van der Waals surface area contributed by atoms with Gasteiger partial charge in [0.1, 0.15) is 0 Å². The molecule has 1 heterocycles. The van der Waals surface area contributed by atoms with Crippen LogP contribution in [0.4, 0.5) is 4.79 Å². The molecule has 1 aliphatic heterocycles. The molecule has 1 saturated heterocycles. The number of likely N-dealkylation sites (tertiary alicyclic amines) is 1. The van der Waals surface area contributed by atoms with Crippen LogP contribution in [-0.4, -0.2) is 42.6 Å². The van der Waals surface area contributed by atoms with Crippen molar-refractivity contribution in [3.63, 3.8) is 0 Å². The van der Waals surface area contributed by atoms with Crippen LogP contribution < -0.4 is 5.32 Å². The second kappa shape index (κ2) is 5.94. The van der Waals surface area contributed by atoms with Crippen LogP contribution >= 0.6 is 0 Å². The molecule has 1 fully saturated rings. The highest BCUT2D eigenvalue weighted by atomic mass is 16.5. The molecule has 0 spiro atoms. The van der Waals surface area contributed by atoms with Crippen LogP contribution in [0.2, 0.25) is 0 Å². The summed E-state index contributed by atoms with van der Waals surface area (Å²) in [5.74, 6) is 1.96. The van der Waals surface area contributed by atoms with Gasteiger partial charge in [-0.3, -0.25) is 10.1 Å². The number of terminal acetylenes is 1. The predicted molar refractivity (Wildman–Crippen MR) is 63.1 cm³/mol. The number of rotatable bonds is 3. The Labute approximate surface area is 101 Å². The van der Waals surface area contributed by atoms with Crippen molar-refractivity contribution in [1.29, 1.82) is 0 Å². The molecule has 1 rings (SSSR count). The van der Waals surface area contributed by atoms with E-state index in [2.05, 4.69) is 22.6 Å². The molecule has 0 aromatic rings.